The number of fused-ring (bicyclic) bond motifs is 1. The van der Waals surface area contributed by atoms with Gasteiger partial charge in [-0.05, 0) is 55.0 Å². The third-order valence-corrected chi connectivity index (χ3v) is 10.5. The van der Waals surface area contributed by atoms with Gasteiger partial charge in [-0.15, -0.1) is 0 Å². The van der Waals surface area contributed by atoms with Crippen LogP contribution in [0.15, 0.2) is 66.9 Å². The Morgan fingerprint density at radius 1 is 0.788 bits per heavy atom. The lowest BCUT2D eigenvalue weighted by molar-refractivity contribution is -0.659. The molecule has 0 saturated heterocycles. The van der Waals surface area contributed by atoms with Gasteiger partial charge in [0, 0.05) is 6.07 Å². The zero-order chi connectivity index (χ0) is 24.1. The minimum Gasteiger partial charge on any atom is -0.200 e. The monoisotopic (exact) mass is 464 g/mol. The van der Waals surface area contributed by atoms with Crippen LogP contribution in [0.1, 0.15) is 22.3 Å². The van der Waals surface area contributed by atoms with E-state index in [1.54, 1.807) is 26.8 Å². The van der Waals surface area contributed by atoms with Gasteiger partial charge in [-0.1, -0.05) is 65.9 Å². The number of hydrogen-bond acceptors (Lipinski definition) is 0. The first-order valence-corrected chi connectivity index (χ1v) is 14.1. The van der Waals surface area contributed by atoms with Crippen molar-refractivity contribution in [2.24, 2.45) is 7.05 Å². The van der Waals surface area contributed by atoms with Crippen molar-refractivity contribution in [1.29, 1.82) is 0 Å². The molecule has 0 fully saturated rings. The molecule has 3 aromatic carbocycles. The van der Waals surface area contributed by atoms with Gasteiger partial charge in [0.15, 0.2) is 6.20 Å². The second-order valence-electron chi connectivity index (χ2n) is 9.43. The molecule has 0 spiro atoms. The Kier molecular flexibility index (Phi) is 5.73. The molecular formula is C28H29F3NSi+. The second kappa shape index (κ2) is 8.14. The van der Waals surface area contributed by atoms with Crippen molar-refractivity contribution in [2.45, 2.75) is 40.0 Å². The highest BCUT2D eigenvalue weighted by Crippen LogP contribution is 2.39. The standard InChI is InChI=1S/C28H29F3NSi/c1-18-16-25(19(2)20(3)26(18)28(29,30)31)27-24-13-12-23(17-21(24)14-15-32(27)4)33(5,6)22-10-8-7-9-11-22/h7-17H,1-6H3/q+1. The molecule has 0 amide bonds. The number of nitrogens with zero attached hydrogens (tertiary/aromatic N) is 1. The Morgan fingerprint density at radius 2 is 1.45 bits per heavy atom. The van der Waals surface area contributed by atoms with Gasteiger partial charge in [-0.3, -0.25) is 0 Å². The van der Waals surface area contributed by atoms with Crippen molar-refractivity contribution in [3.05, 3.63) is 89.1 Å². The molecule has 1 aromatic heterocycles. The Labute approximate surface area is 194 Å². The van der Waals surface area contributed by atoms with Gasteiger partial charge in [0.25, 0.3) is 0 Å². The van der Waals surface area contributed by atoms with E-state index in [4.69, 9.17) is 0 Å². The minimum atomic E-state index is -4.36. The highest BCUT2D eigenvalue weighted by atomic mass is 28.3. The minimum absolute atomic E-state index is 0.256. The van der Waals surface area contributed by atoms with Gasteiger partial charge < -0.3 is 0 Å². The van der Waals surface area contributed by atoms with Crippen molar-refractivity contribution >= 4 is 29.2 Å². The lowest BCUT2D eigenvalue weighted by Gasteiger charge is -2.24. The van der Waals surface area contributed by atoms with Crippen LogP contribution in [0.5, 0.6) is 0 Å². The van der Waals surface area contributed by atoms with E-state index in [1.165, 1.54) is 10.4 Å². The molecule has 0 atom stereocenters. The quantitative estimate of drug-likeness (QED) is 0.255. The van der Waals surface area contributed by atoms with Crippen LogP contribution in [0.4, 0.5) is 13.2 Å². The van der Waals surface area contributed by atoms with E-state index in [-0.39, 0.29) is 5.56 Å². The smallest absolute Gasteiger partial charge is 0.200 e. The number of alkyl halides is 3. The second-order valence-corrected chi connectivity index (χ2v) is 13.8. The Morgan fingerprint density at radius 3 is 2.09 bits per heavy atom. The zero-order valence-corrected chi connectivity index (χ0v) is 20.9. The van der Waals surface area contributed by atoms with Crippen LogP contribution in [0.25, 0.3) is 22.0 Å². The molecule has 0 bridgehead atoms. The number of benzene rings is 3. The summed E-state index contributed by atoms with van der Waals surface area (Å²) in [7, 11) is 0.0794. The van der Waals surface area contributed by atoms with Crippen molar-refractivity contribution in [3.63, 3.8) is 0 Å². The summed E-state index contributed by atoms with van der Waals surface area (Å²) >= 11 is 0. The van der Waals surface area contributed by atoms with E-state index in [9.17, 15) is 13.2 Å². The number of aryl methyl sites for hydroxylation is 2. The lowest BCUT2D eigenvalue weighted by atomic mass is 9.90. The molecule has 0 aliphatic heterocycles. The molecule has 0 aliphatic rings. The normalized spacial score (nSPS) is 12.4. The number of pyridine rings is 1. The fourth-order valence-electron chi connectivity index (χ4n) is 4.88. The van der Waals surface area contributed by atoms with Crippen LogP contribution in [0.2, 0.25) is 13.1 Å². The van der Waals surface area contributed by atoms with Gasteiger partial charge in [0.1, 0.15) is 15.1 Å². The molecule has 0 aliphatic carbocycles. The van der Waals surface area contributed by atoms with Crippen LogP contribution in [0.3, 0.4) is 0 Å². The Balaban J connectivity index is 1.93. The number of halogens is 3. The molecule has 0 saturated carbocycles. The molecular weight excluding hydrogens is 435 g/mol. The maximum atomic E-state index is 13.7. The topological polar surface area (TPSA) is 3.88 Å². The Bertz CT molecular complexity index is 1360. The van der Waals surface area contributed by atoms with Crippen LogP contribution in [-0.4, -0.2) is 8.07 Å². The molecule has 5 heteroatoms. The highest BCUT2D eigenvalue weighted by Gasteiger charge is 2.36. The van der Waals surface area contributed by atoms with Gasteiger partial charge in [-0.25, -0.2) is 4.57 Å². The van der Waals surface area contributed by atoms with Gasteiger partial charge in [-0.2, -0.15) is 13.2 Å². The molecule has 33 heavy (non-hydrogen) atoms. The van der Waals surface area contributed by atoms with Gasteiger partial charge in [0.2, 0.25) is 5.69 Å². The fraction of sp³-hybridized carbons (Fsp3) is 0.250. The van der Waals surface area contributed by atoms with E-state index in [0.717, 1.165) is 22.0 Å². The number of rotatable bonds is 3. The summed E-state index contributed by atoms with van der Waals surface area (Å²) in [5, 5.41) is 4.85. The summed E-state index contributed by atoms with van der Waals surface area (Å²) in [6, 6.07) is 21.0. The maximum Gasteiger partial charge on any atom is 0.416 e. The molecule has 0 N–H and O–H groups in total. The first kappa shape index (κ1) is 23.2. The maximum absolute atomic E-state index is 13.7. The van der Waals surface area contributed by atoms with Crippen molar-refractivity contribution in [3.8, 4) is 11.3 Å². The summed E-state index contributed by atoms with van der Waals surface area (Å²) in [6.07, 6.45) is -2.36. The van der Waals surface area contributed by atoms with E-state index < -0.39 is 19.8 Å². The van der Waals surface area contributed by atoms with Crippen molar-refractivity contribution in [1.82, 2.24) is 0 Å². The molecule has 4 aromatic rings. The summed E-state index contributed by atoms with van der Waals surface area (Å²) in [4.78, 5) is 0. The first-order valence-electron chi connectivity index (χ1n) is 11.1. The highest BCUT2D eigenvalue weighted by molar-refractivity contribution is 7.00. The van der Waals surface area contributed by atoms with Crippen LogP contribution in [-0.2, 0) is 13.2 Å². The number of hydrogen-bond donors (Lipinski definition) is 0. The lowest BCUT2D eigenvalue weighted by Crippen LogP contribution is -2.52. The summed E-state index contributed by atoms with van der Waals surface area (Å²) < 4.78 is 43.0. The average Bonchev–Trinajstić information content (AvgIpc) is 2.76. The predicted molar refractivity (Wildman–Crippen MR) is 133 cm³/mol. The van der Waals surface area contributed by atoms with E-state index in [1.807, 2.05) is 23.9 Å². The molecule has 0 radical (unpaired) electrons. The first-order chi connectivity index (χ1) is 15.4. The van der Waals surface area contributed by atoms with Crippen molar-refractivity contribution in [2.75, 3.05) is 0 Å². The third-order valence-electron chi connectivity index (χ3n) is 6.99. The molecule has 1 nitrogen and oxygen atoms in total. The predicted octanol–water partition coefficient (Wildman–Crippen LogP) is 6.10. The molecule has 4 rings (SSSR count). The zero-order valence-electron chi connectivity index (χ0n) is 19.9. The van der Waals surface area contributed by atoms with Gasteiger partial charge in [0.05, 0.1) is 16.5 Å². The van der Waals surface area contributed by atoms with Crippen LogP contribution >= 0.6 is 0 Å². The van der Waals surface area contributed by atoms with Crippen LogP contribution < -0.4 is 14.9 Å². The number of aromatic nitrogens is 1. The summed E-state index contributed by atoms with van der Waals surface area (Å²) in [5.74, 6) is 0. The molecule has 170 valence electrons. The van der Waals surface area contributed by atoms with E-state index in [0.29, 0.717) is 11.1 Å². The largest absolute Gasteiger partial charge is 0.416 e. The third kappa shape index (κ3) is 3.99. The van der Waals surface area contributed by atoms with Gasteiger partial charge >= 0.3 is 6.18 Å². The van der Waals surface area contributed by atoms with Crippen LogP contribution in [0, 0.1) is 20.8 Å². The van der Waals surface area contributed by atoms with Crippen molar-refractivity contribution < 1.29 is 17.7 Å². The molecule has 1 heterocycles. The molecule has 0 unspecified atom stereocenters. The summed E-state index contributed by atoms with van der Waals surface area (Å²) in [5.41, 5.74) is 2.48. The SMILES string of the molecule is Cc1cc(-c2c3ccc([Si](C)(C)c4ccccc4)cc3cc[n+]2C)c(C)c(C)c1C(F)(F)F. The Hall–Kier alpha value is -2.92. The van der Waals surface area contributed by atoms with E-state index >= 15 is 0 Å². The fourth-order valence-corrected chi connectivity index (χ4v) is 7.26. The average molecular weight is 465 g/mol. The summed E-state index contributed by atoms with van der Waals surface area (Å²) in [6.45, 7) is 9.61. The van der Waals surface area contributed by atoms with E-state index in [2.05, 4.69) is 61.6 Å².